The molecule has 0 bridgehead atoms. The fourth-order valence-electron chi connectivity index (χ4n) is 5.75. The Bertz CT molecular complexity index is 1520. The lowest BCUT2D eigenvalue weighted by Gasteiger charge is -2.28. The van der Waals surface area contributed by atoms with Gasteiger partial charge in [-0.1, -0.05) is 84.1 Å². The summed E-state index contributed by atoms with van der Waals surface area (Å²) in [5.41, 5.74) is 0.878. The van der Waals surface area contributed by atoms with Gasteiger partial charge in [-0.05, 0) is 59.3 Å². The van der Waals surface area contributed by atoms with Crippen molar-refractivity contribution in [1.82, 2.24) is 0 Å². The van der Waals surface area contributed by atoms with Gasteiger partial charge in [0.1, 0.15) is 45.6 Å². The summed E-state index contributed by atoms with van der Waals surface area (Å²) in [5, 5.41) is 70.0. The van der Waals surface area contributed by atoms with Crippen molar-refractivity contribution in [3.05, 3.63) is 56.7 Å². The van der Waals surface area contributed by atoms with Crippen LogP contribution in [0.3, 0.4) is 0 Å². The topological polar surface area (TPSA) is 156 Å². The van der Waals surface area contributed by atoms with E-state index in [1.54, 1.807) is 32.9 Å². The van der Waals surface area contributed by atoms with Crippen molar-refractivity contribution in [3.8, 4) is 34.5 Å². The molecule has 8 nitrogen and oxygen atoms in total. The minimum Gasteiger partial charge on any atom is -0.507 e. The number of benzene rings is 2. The van der Waals surface area contributed by atoms with Crippen LogP contribution in [0, 0.1) is 17.8 Å². The van der Waals surface area contributed by atoms with Gasteiger partial charge in [-0.2, -0.15) is 0 Å². The van der Waals surface area contributed by atoms with Crippen LogP contribution in [0.5, 0.6) is 34.5 Å². The van der Waals surface area contributed by atoms with E-state index in [0.717, 1.165) is 24.0 Å². The number of ketones is 2. The van der Waals surface area contributed by atoms with Crippen LogP contribution in [0.2, 0.25) is 0 Å². The normalized spacial score (nSPS) is 12.7. The van der Waals surface area contributed by atoms with Crippen LogP contribution >= 0.6 is 0 Å². The molecule has 8 heteroatoms. The van der Waals surface area contributed by atoms with Gasteiger partial charge in [0, 0.05) is 40.0 Å². The number of rotatable bonds is 16. The highest BCUT2D eigenvalue weighted by Crippen LogP contribution is 2.55. The zero-order chi connectivity index (χ0) is 35.9. The van der Waals surface area contributed by atoms with E-state index in [1.807, 2.05) is 34.6 Å². The molecular weight excluding hydrogens is 596 g/mol. The fourth-order valence-corrected chi connectivity index (χ4v) is 5.75. The van der Waals surface area contributed by atoms with Gasteiger partial charge in [-0.3, -0.25) is 9.59 Å². The molecule has 0 aliphatic heterocycles. The number of hydrogen-bond acceptors (Lipinski definition) is 8. The van der Waals surface area contributed by atoms with Crippen LogP contribution in [-0.4, -0.2) is 42.2 Å². The maximum Gasteiger partial charge on any atom is 0.173 e. The summed E-state index contributed by atoms with van der Waals surface area (Å²) < 4.78 is 0. The average molecular weight is 653 g/mol. The molecule has 2 aromatic rings. The first-order valence-electron chi connectivity index (χ1n) is 16.8. The average Bonchev–Trinajstić information content (AvgIpc) is 2.97. The van der Waals surface area contributed by atoms with Gasteiger partial charge in [-0.25, -0.2) is 0 Å². The number of phenolic OH excluding ortho intramolecular Hbond substituents is 6. The van der Waals surface area contributed by atoms with E-state index in [-0.39, 0.29) is 52.6 Å². The molecule has 0 fully saturated rings. The smallest absolute Gasteiger partial charge is 0.173 e. The van der Waals surface area contributed by atoms with E-state index in [1.165, 1.54) is 0 Å². The van der Waals surface area contributed by atoms with E-state index in [2.05, 4.69) is 13.8 Å². The van der Waals surface area contributed by atoms with Gasteiger partial charge in [0.15, 0.2) is 11.6 Å². The summed E-state index contributed by atoms with van der Waals surface area (Å²) in [6.07, 6.45) is 6.43. The first kappa shape index (κ1) is 39.2. The maximum atomic E-state index is 13.7. The molecule has 260 valence electrons. The van der Waals surface area contributed by atoms with Gasteiger partial charge >= 0.3 is 0 Å². The standard InChI is InChI=1S/C39H56O8/c1-11-24(10)33(41)31-37(45)27(19-17-22(6)7)35(43)29(39(31)47)25(15-13-12-14-20(2)3)28-34(42)26(18-16-21(4)5)36(44)30(38(28)46)32(40)23(8)9/h16-17,20,23-25,42-47H,11-15,18-19H2,1-10H3/t24-,25-/m1/s1. The number of Topliss-reactive ketones (excluding diaryl/α,β-unsaturated/α-hetero) is 2. The van der Waals surface area contributed by atoms with Gasteiger partial charge in [0.25, 0.3) is 0 Å². The number of aromatic hydroxyl groups is 6. The molecule has 0 saturated heterocycles. The lowest BCUT2D eigenvalue weighted by Crippen LogP contribution is -2.15. The van der Waals surface area contributed by atoms with Gasteiger partial charge in [0.05, 0.1) is 0 Å². The summed E-state index contributed by atoms with van der Waals surface area (Å²) in [6, 6.07) is 0. The second-order valence-electron chi connectivity index (χ2n) is 14.0. The number of allylic oxidation sites excluding steroid dienone is 4. The summed E-state index contributed by atoms with van der Waals surface area (Å²) in [7, 11) is 0. The van der Waals surface area contributed by atoms with E-state index < -0.39 is 63.8 Å². The second-order valence-corrected chi connectivity index (χ2v) is 14.0. The summed E-state index contributed by atoms with van der Waals surface area (Å²) >= 11 is 0. The van der Waals surface area contributed by atoms with E-state index in [9.17, 15) is 40.2 Å². The Balaban J connectivity index is 3.21. The molecule has 6 N–H and O–H groups in total. The number of carbonyl (C=O) groups excluding carboxylic acids is 2. The van der Waals surface area contributed by atoms with Crippen molar-refractivity contribution >= 4 is 11.6 Å². The quantitative estimate of drug-likeness (QED) is 0.0595. The molecule has 0 spiro atoms. The van der Waals surface area contributed by atoms with Crippen LogP contribution in [-0.2, 0) is 12.8 Å². The van der Waals surface area contributed by atoms with Crippen molar-refractivity contribution in [1.29, 1.82) is 0 Å². The molecule has 0 radical (unpaired) electrons. The van der Waals surface area contributed by atoms with Gasteiger partial charge < -0.3 is 30.6 Å². The second kappa shape index (κ2) is 16.8. The lowest BCUT2D eigenvalue weighted by molar-refractivity contribution is 0.0917. The maximum absolute atomic E-state index is 13.7. The van der Waals surface area contributed by atoms with Crippen LogP contribution in [0.25, 0.3) is 0 Å². The predicted molar refractivity (Wildman–Crippen MR) is 187 cm³/mol. The molecular formula is C39H56O8. The SMILES string of the molecule is CC[C@@H](C)C(=O)c1c(O)c(CC=C(C)C)c(O)c([C@H](CCCCC(C)C)c2c(O)c(CC=C(C)C)c(O)c(C(=O)C(C)C)c2O)c1O. The Hall–Kier alpha value is -3.94. The summed E-state index contributed by atoms with van der Waals surface area (Å²) in [5.74, 6) is -6.26. The molecule has 0 heterocycles. The molecule has 47 heavy (non-hydrogen) atoms. The Morgan fingerprint density at radius 3 is 1.36 bits per heavy atom. The van der Waals surface area contributed by atoms with Gasteiger partial charge in [0.2, 0.25) is 0 Å². The molecule has 0 unspecified atom stereocenters. The van der Waals surface area contributed by atoms with Crippen LogP contribution < -0.4 is 0 Å². The molecule has 0 aliphatic rings. The lowest BCUT2D eigenvalue weighted by atomic mass is 9.78. The molecule has 0 saturated carbocycles. The molecule has 2 aromatic carbocycles. The molecule has 0 amide bonds. The highest BCUT2D eigenvalue weighted by molar-refractivity contribution is 6.05. The Kier molecular flexibility index (Phi) is 14.0. The van der Waals surface area contributed by atoms with Gasteiger partial charge in [-0.15, -0.1) is 0 Å². The monoisotopic (exact) mass is 652 g/mol. The zero-order valence-corrected chi connectivity index (χ0v) is 29.9. The van der Waals surface area contributed by atoms with Crippen molar-refractivity contribution in [2.75, 3.05) is 0 Å². The number of unbranched alkanes of at least 4 members (excludes halogenated alkanes) is 1. The summed E-state index contributed by atoms with van der Waals surface area (Å²) in [6.45, 7) is 18.4. The largest absolute Gasteiger partial charge is 0.507 e. The van der Waals surface area contributed by atoms with Crippen molar-refractivity contribution in [2.45, 2.75) is 120 Å². The Morgan fingerprint density at radius 2 is 1.00 bits per heavy atom. The molecule has 0 aromatic heterocycles. The first-order valence-corrected chi connectivity index (χ1v) is 16.8. The Labute approximate surface area is 280 Å². The minimum atomic E-state index is -1.12. The Morgan fingerprint density at radius 1 is 0.596 bits per heavy atom. The third kappa shape index (κ3) is 8.91. The molecule has 0 aliphatic carbocycles. The number of carbonyl (C=O) groups is 2. The third-order valence-electron chi connectivity index (χ3n) is 8.84. The third-order valence-corrected chi connectivity index (χ3v) is 8.84. The van der Waals surface area contributed by atoms with E-state index >= 15 is 0 Å². The van der Waals surface area contributed by atoms with Crippen LogP contribution in [0.15, 0.2) is 23.3 Å². The summed E-state index contributed by atoms with van der Waals surface area (Å²) in [4.78, 5) is 27.1. The highest BCUT2D eigenvalue weighted by atomic mass is 16.3. The first-order chi connectivity index (χ1) is 21.9. The van der Waals surface area contributed by atoms with Crippen molar-refractivity contribution in [2.24, 2.45) is 17.8 Å². The highest BCUT2D eigenvalue weighted by Gasteiger charge is 2.38. The van der Waals surface area contributed by atoms with Crippen molar-refractivity contribution in [3.63, 3.8) is 0 Å². The predicted octanol–water partition coefficient (Wildman–Crippen LogP) is 9.35. The zero-order valence-electron chi connectivity index (χ0n) is 29.9. The van der Waals surface area contributed by atoms with Crippen LogP contribution in [0.4, 0.5) is 0 Å². The molecule has 2 rings (SSSR count). The van der Waals surface area contributed by atoms with Crippen LogP contribution in [0.1, 0.15) is 150 Å². The minimum absolute atomic E-state index is 0.0219. The fraction of sp³-hybridized carbons (Fsp3) is 0.538. The van der Waals surface area contributed by atoms with Crippen molar-refractivity contribution < 1.29 is 40.2 Å². The van der Waals surface area contributed by atoms with E-state index in [4.69, 9.17) is 0 Å². The number of phenols is 6. The van der Waals surface area contributed by atoms with E-state index in [0.29, 0.717) is 18.8 Å². The molecule has 2 atom stereocenters. The number of hydrogen-bond donors (Lipinski definition) is 6.